The zero-order valence-corrected chi connectivity index (χ0v) is 33.1. The van der Waals surface area contributed by atoms with Gasteiger partial charge in [0, 0.05) is 13.0 Å². The van der Waals surface area contributed by atoms with Crippen LogP contribution in [0.3, 0.4) is 0 Å². The first kappa shape index (κ1) is 48.3. The van der Waals surface area contributed by atoms with Gasteiger partial charge in [-0.2, -0.15) is 0 Å². The van der Waals surface area contributed by atoms with Crippen LogP contribution in [0.4, 0.5) is 0 Å². The van der Waals surface area contributed by atoms with E-state index in [4.69, 9.17) is 9.47 Å². The summed E-state index contributed by atoms with van der Waals surface area (Å²) in [5.41, 5.74) is 0. The normalized spacial score (nSPS) is 13.4. The van der Waals surface area contributed by atoms with Gasteiger partial charge in [-0.25, -0.2) is 0 Å². The van der Waals surface area contributed by atoms with Crippen LogP contribution in [-0.4, -0.2) is 37.0 Å². The number of carbonyl (C=O) groups is 1. The summed E-state index contributed by atoms with van der Waals surface area (Å²) < 4.78 is 11.1. The molecule has 51 heavy (non-hydrogen) atoms. The maximum absolute atomic E-state index is 12.2. The highest BCUT2D eigenvalue weighted by atomic mass is 16.6. The molecule has 0 aromatic carbocycles. The third kappa shape index (κ3) is 41.6. The van der Waals surface area contributed by atoms with Crippen LogP contribution < -0.4 is 0 Å². The summed E-state index contributed by atoms with van der Waals surface area (Å²) in [5, 5.41) is 9.58. The van der Waals surface area contributed by atoms with Gasteiger partial charge in [0.25, 0.3) is 0 Å². The molecule has 0 aromatic rings. The smallest absolute Gasteiger partial charge is 0.306 e. The highest BCUT2D eigenvalue weighted by molar-refractivity contribution is 5.69. The van der Waals surface area contributed by atoms with Gasteiger partial charge < -0.3 is 14.6 Å². The number of unbranched alkanes of at least 4 members (excludes halogenated alkanes) is 13. The van der Waals surface area contributed by atoms with Gasteiger partial charge in [0.2, 0.25) is 0 Å². The average molecular weight is 707 g/mol. The molecule has 1 N–H and O–H groups in total. The maximum Gasteiger partial charge on any atom is 0.306 e. The largest absolute Gasteiger partial charge is 0.457 e. The molecular weight excluding hydrogens is 629 g/mol. The molecule has 0 heterocycles. The molecule has 0 radical (unpaired) electrons. The van der Waals surface area contributed by atoms with Crippen molar-refractivity contribution in [3.63, 3.8) is 0 Å². The van der Waals surface area contributed by atoms with E-state index in [-0.39, 0.29) is 19.2 Å². The van der Waals surface area contributed by atoms with Crippen molar-refractivity contribution in [1.82, 2.24) is 0 Å². The SMILES string of the molecule is CC/C=C\C/C=C\C/C=C\C/C=C\C/C=C\C/C=C\CCC(=O)OC(CO)COCCCCCCCCCCCC/C=C\C/C=C\CCCCC. The fraction of sp³-hybridized carbons (Fsp3) is 0.638. The molecule has 1 atom stereocenters. The quantitative estimate of drug-likeness (QED) is 0.0397. The van der Waals surface area contributed by atoms with E-state index in [0.29, 0.717) is 19.4 Å². The van der Waals surface area contributed by atoms with Crippen molar-refractivity contribution >= 4 is 5.97 Å². The Labute approximate surface area is 315 Å². The molecule has 0 rings (SSSR count). The highest BCUT2D eigenvalue weighted by Crippen LogP contribution is 2.12. The lowest BCUT2D eigenvalue weighted by molar-refractivity contribution is -0.154. The molecule has 4 nitrogen and oxygen atoms in total. The second kappa shape index (κ2) is 43.5. The fourth-order valence-electron chi connectivity index (χ4n) is 5.32. The molecular formula is C47H78O4. The van der Waals surface area contributed by atoms with Crippen LogP contribution in [0, 0.1) is 0 Å². The topological polar surface area (TPSA) is 55.8 Å². The molecule has 0 amide bonds. The van der Waals surface area contributed by atoms with Crippen molar-refractivity contribution < 1.29 is 19.4 Å². The lowest BCUT2D eigenvalue weighted by Crippen LogP contribution is -2.27. The van der Waals surface area contributed by atoms with Crippen molar-refractivity contribution in [2.45, 2.75) is 174 Å². The summed E-state index contributed by atoms with van der Waals surface area (Å²) in [4.78, 5) is 12.2. The highest BCUT2D eigenvalue weighted by Gasteiger charge is 2.13. The monoisotopic (exact) mass is 707 g/mol. The second-order valence-corrected chi connectivity index (χ2v) is 13.3. The Kier molecular flexibility index (Phi) is 41.2. The molecule has 0 bridgehead atoms. The van der Waals surface area contributed by atoms with Gasteiger partial charge in [-0.3, -0.25) is 4.79 Å². The minimum Gasteiger partial charge on any atom is -0.457 e. The van der Waals surface area contributed by atoms with Crippen molar-refractivity contribution in [1.29, 1.82) is 0 Å². The molecule has 0 saturated carbocycles. The van der Waals surface area contributed by atoms with Gasteiger partial charge >= 0.3 is 5.97 Å². The van der Waals surface area contributed by atoms with Crippen molar-refractivity contribution in [2.75, 3.05) is 19.8 Å². The van der Waals surface area contributed by atoms with E-state index >= 15 is 0 Å². The number of hydrogen-bond donors (Lipinski definition) is 1. The van der Waals surface area contributed by atoms with E-state index in [0.717, 1.165) is 57.8 Å². The van der Waals surface area contributed by atoms with E-state index in [2.05, 4.69) is 105 Å². The molecule has 0 aromatic heterocycles. The Morgan fingerprint density at radius 1 is 0.490 bits per heavy atom. The molecule has 4 heteroatoms. The maximum atomic E-state index is 12.2. The Morgan fingerprint density at radius 3 is 1.33 bits per heavy atom. The predicted molar refractivity (Wildman–Crippen MR) is 223 cm³/mol. The summed E-state index contributed by atoms with van der Waals surface area (Å²) >= 11 is 0. The number of esters is 1. The number of aliphatic hydroxyl groups is 1. The first-order chi connectivity index (χ1) is 25.2. The number of ether oxygens (including phenoxy) is 2. The standard InChI is InChI=1S/C47H78O4/c1-3-5-7-9-11-13-15-17-19-21-23-25-27-29-31-33-35-37-39-41-43-50-45-46(44-48)51-47(49)42-40-38-36-34-32-30-28-26-24-22-20-18-16-14-12-10-8-6-4-2/h6,8,11-14,17-20,24,26,30,32,36,38,46,48H,3-5,7,9-10,15-16,21-23,25,27-29,31,33-35,37,39-45H2,1-2H3/b8-6-,13-11-,14-12-,19-17-,20-18-,26-24-,32-30-,38-36-. The van der Waals surface area contributed by atoms with Crippen LogP contribution in [-0.2, 0) is 14.3 Å². The molecule has 0 aliphatic carbocycles. The van der Waals surface area contributed by atoms with E-state index < -0.39 is 6.10 Å². The minimum absolute atomic E-state index is 0.209. The third-order valence-corrected chi connectivity index (χ3v) is 8.41. The van der Waals surface area contributed by atoms with E-state index in [1.165, 1.54) is 83.5 Å². The first-order valence-electron chi connectivity index (χ1n) is 20.8. The lowest BCUT2D eigenvalue weighted by Gasteiger charge is -2.15. The lowest BCUT2D eigenvalue weighted by atomic mass is 10.1. The summed E-state index contributed by atoms with van der Waals surface area (Å²) in [6, 6.07) is 0. The van der Waals surface area contributed by atoms with Gasteiger partial charge in [0.05, 0.1) is 13.2 Å². The Morgan fingerprint density at radius 2 is 0.882 bits per heavy atom. The van der Waals surface area contributed by atoms with Crippen LogP contribution >= 0.6 is 0 Å². The van der Waals surface area contributed by atoms with Crippen LogP contribution in [0.15, 0.2) is 97.2 Å². The van der Waals surface area contributed by atoms with E-state index in [9.17, 15) is 9.90 Å². The van der Waals surface area contributed by atoms with Crippen LogP contribution in [0.1, 0.15) is 168 Å². The number of rotatable bonds is 37. The minimum atomic E-state index is -0.582. The van der Waals surface area contributed by atoms with Crippen LogP contribution in [0.25, 0.3) is 0 Å². The summed E-state index contributed by atoms with van der Waals surface area (Å²) in [7, 11) is 0. The van der Waals surface area contributed by atoms with Gasteiger partial charge in [-0.05, 0) is 83.5 Å². The predicted octanol–water partition coefficient (Wildman–Crippen LogP) is 13.8. The summed E-state index contributed by atoms with van der Waals surface area (Å²) in [6.07, 6.45) is 61.8. The van der Waals surface area contributed by atoms with E-state index in [1.54, 1.807) is 0 Å². The summed E-state index contributed by atoms with van der Waals surface area (Å²) in [6.45, 7) is 5.11. The van der Waals surface area contributed by atoms with Gasteiger partial charge in [0.1, 0.15) is 6.10 Å². The molecule has 1 unspecified atom stereocenters. The third-order valence-electron chi connectivity index (χ3n) is 8.41. The number of allylic oxidation sites excluding steroid dienone is 16. The Balaban J connectivity index is 3.59. The van der Waals surface area contributed by atoms with Crippen LogP contribution in [0.5, 0.6) is 0 Å². The fourth-order valence-corrected chi connectivity index (χ4v) is 5.32. The molecule has 0 saturated heterocycles. The molecule has 0 aliphatic heterocycles. The Bertz CT molecular complexity index is 965. The first-order valence-corrected chi connectivity index (χ1v) is 20.8. The van der Waals surface area contributed by atoms with Gasteiger partial charge in [-0.15, -0.1) is 0 Å². The average Bonchev–Trinajstić information content (AvgIpc) is 3.14. The van der Waals surface area contributed by atoms with Crippen molar-refractivity contribution in [3.8, 4) is 0 Å². The van der Waals surface area contributed by atoms with Crippen LogP contribution in [0.2, 0.25) is 0 Å². The second-order valence-electron chi connectivity index (χ2n) is 13.3. The number of carbonyl (C=O) groups excluding carboxylic acids is 1. The molecule has 0 fully saturated rings. The molecule has 290 valence electrons. The number of hydrogen-bond acceptors (Lipinski definition) is 4. The Hall–Kier alpha value is -2.69. The van der Waals surface area contributed by atoms with Gasteiger partial charge in [0.15, 0.2) is 0 Å². The zero-order valence-electron chi connectivity index (χ0n) is 33.1. The van der Waals surface area contributed by atoms with Crippen molar-refractivity contribution in [2.24, 2.45) is 0 Å². The molecule has 0 aliphatic rings. The van der Waals surface area contributed by atoms with Crippen molar-refractivity contribution in [3.05, 3.63) is 97.2 Å². The zero-order chi connectivity index (χ0) is 37.0. The summed E-state index contributed by atoms with van der Waals surface area (Å²) in [5.74, 6) is -0.287. The number of aliphatic hydroxyl groups excluding tert-OH is 1. The van der Waals surface area contributed by atoms with Gasteiger partial charge in [-0.1, -0.05) is 175 Å². The molecule has 0 spiro atoms. The van der Waals surface area contributed by atoms with E-state index in [1.807, 2.05) is 6.08 Å².